The van der Waals surface area contributed by atoms with Crippen LogP contribution >= 0.6 is 0 Å². The van der Waals surface area contributed by atoms with Crippen LogP contribution in [0.2, 0.25) is 0 Å². The number of amides is 3. The molecule has 1 saturated carbocycles. The Labute approximate surface area is 158 Å². The van der Waals surface area contributed by atoms with E-state index in [1.165, 1.54) is 6.20 Å². The molecule has 0 radical (unpaired) electrons. The standard InChI is InChI=1S/C19H25N3O5/c23-14-22(17-5-1-2-10-20-17)19(25)27-16-8-6-15(7-9-16)13-26-18(24)21-11-3-4-12-21/h1-2,5,10,14-16H,3-4,6-9,11-13H2. The number of pyridine rings is 1. The van der Waals surface area contributed by atoms with Gasteiger partial charge in [-0.3, -0.25) is 4.79 Å². The molecule has 146 valence electrons. The molecule has 2 aliphatic rings. The number of hydrogen-bond acceptors (Lipinski definition) is 6. The van der Waals surface area contributed by atoms with Crippen LogP contribution < -0.4 is 4.90 Å². The minimum absolute atomic E-state index is 0.224. The molecule has 2 fully saturated rings. The van der Waals surface area contributed by atoms with Crippen LogP contribution in [0.25, 0.3) is 0 Å². The van der Waals surface area contributed by atoms with Crippen molar-refractivity contribution < 1.29 is 23.9 Å². The van der Waals surface area contributed by atoms with Crippen LogP contribution in [0.15, 0.2) is 24.4 Å². The number of nitrogens with zero attached hydrogens (tertiary/aromatic N) is 3. The van der Waals surface area contributed by atoms with Crippen LogP contribution in [-0.4, -0.2) is 54.3 Å². The summed E-state index contributed by atoms with van der Waals surface area (Å²) in [5.41, 5.74) is 0. The highest BCUT2D eigenvalue weighted by atomic mass is 16.6. The monoisotopic (exact) mass is 375 g/mol. The van der Waals surface area contributed by atoms with Crippen LogP contribution in [0.3, 0.4) is 0 Å². The van der Waals surface area contributed by atoms with E-state index in [2.05, 4.69) is 4.98 Å². The van der Waals surface area contributed by atoms with Crippen LogP contribution in [0, 0.1) is 5.92 Å². The maximum atomic E-state index is 12.2. The van der Waals surface area contributed by atoms with E-state index in [1.54, 1.807) is 23.1 Å². The number of anilines is 1. The number of imide groups is 1. The number of likely N-dealkylation sites (tertiary alicyclic amines) is 1. The number of aromatic nitrogens is 1. The van der Waals surface area contributed by atoms with E-state index < -0.39 is 6.09 Å². The fraction of sp³-hybridized carbons (Fsp3) is 0.579. The second-order valence-corrected chi connectivity index (χ2v) is 6.96. The molecule has 1 aromatic rings. The minimum Gasteiger partial charge on any atom is -0.449 e. The van der Waals surface area contributed by atoms with Gasteiger partial charge in [-0.2, -0.15) is 0 Å². The molecular weight excluding hydrogens is 350 g/mol. The van der Waals surface area contributed by atoms with Gasteiger partial charge in [0.1, 0.15) is 11.9 Å². The Bertz CT molecular complexity index is 640. The topological polar surface area (TPSA) is 89.0 Å². The average Bonchev–Trinajstić information content (AvgIpc) is 3.23. The molecule has 1 aliphatic heterocycles. The van der Waals surface area contributed by atoms with Crippen molar-refractivity contribution in [3.05, 3.63) is 24.4 Å². The van der Waals surface area contributed by atoms with E-state index in [9.17, 15) is 14.4 Å². The third-order valence-corrected chi connectivity index (χ3v) is 5.07. The highest BCUT2D eigenvalue weighted by Crippen LogP contribution is 2.27. The highest BCUT2D eigenvalue weighted by Gasteiger charge is 2.28. The Kier molecular flexibility index (Phi) is 6.62. The normalized spacial score (nSPS) is 22.1. The lowest BCUT2D eigenvalue weighted by Gasteiger charge is -2.29. The predicted octanol–water partition coefficient (Wildman–Crippen LogP) is 2.97. The van der Waals surface area contributed by atoms with Gasteiger partial charge in [0.2, 0.25) is 6.41 Å². The van der Waals surface area contributed by atoms with Gasteiger partial charge in [-0.25, -0.2) is 19.5 Å². The first-order valence-electron chi connectivity index (χ1n) is 9.45. The smallest absolute Gasteiger partial charge is 0.422 e. The molecule has 0 N–H and O–H groups in total. The van der Waals surface area contributed by atoms with Crippen LogP contribution in [0.1, 0.15) is 38.5 Å². The Morgan fingerprint density at radius 2 is 1.93 bits per heavy atom. The zero-order chi connectivity index (χ0) is 19.1. The van der Waals surface area contributed by atoms with Crippen LogP contribution in [-0.2, 0) is 14.3 Å². The molecule has 0 unspecified atom stereocenters. The summed E-state index contributed by atoms with van der Waals surface area (Å²) in [5, 5.41) is 0. The van der Waals surface area contributed by atoms with E-state index in [0.29, 0.717) is 25.9 Å². The quantitative estimate of drug-likeness (QED) is 0.735. The molecule has 27 heavy (non-hydrogen) atoms. The molecule has 1 aliphatic carbocycles. The maximum Gasteiger partial charge on any atom is 0.422 e. The van der Waals surface area contributed by atoms with Gasteiger partial charge >= 0.3 is 12.2 Å². The van der Waals surface area contributed by atoms with Crippen molar-refractivity contribution in [3.63, 3.8) is 0 Å². The Morgan fingerprint density at radius 3 is 2.56 bits per heavy atom. The first-order chi connectivity index (χ1) is 13.2. The average molecular weight is 375 g/mol. The zero-order valence-electron chi connectivity index (χ0n) is 15.3. The van der Waals surface area contributed by atoms with Crippen molar-refractivity contribution in [2.45, 2.75) is 44.6 Å². The van der Waals surface area contributed by atoms with Crippen LogP contribution in [0.4, 0.5) is 15.4 Å². The van der Waals surface area contributed by atoms with E-state index in [-0.39, 0.29) is 23.9 Å². The second kappa shape index (κ2) is 9.34. The largest absolute Gasteiger partial charge is 0.449 e. The summed E-state index contributed by atoms with van der Waals surface area (Å²) in [6, 6.07) is 4.97. The number of rotatable bonds is 5. The molecule has 8 heteroatoms. The molecule has 1 saturated heterocycles. The molecule has 3 rings (SSSR count). The molecule has 3 amide bonds. The lowest BCUT2D eigenvalue weighted by molar-refractivity contribution is -0.107. The number of carbonyl (C=O) groups is 3. The van der Waals surface area contributed by atoms with Gasteiger partial charge in [0.15, 0.2) is 0 Å². The van der Waals surface area contributed by atoms with Gasteiger partial charge in [0.25, 0.3) is 0 Å². The van der Waals surface area contributed by atoms with E-state index in [4.69, 9.17) is 9.47 Å². The van der Waals surface area contributed by atoms with Gasteiger partial charge in [-0.1, -0.05) is 6.07 Å². The van der Waals surface area contributed by atoms with Gasteiger partial charge in [0, 0.05) is 19.3 Å². The Balaban J connectivity index is 1.40. The second-order valence-electron chi connectivity index (χ2n) is 6.96. The maximum absolute atomic E-state index is 12.2. The molecule has 0 spiro atoms. The summed E-state index contributed by atoms with van der Waals surface area (Å²) < 4.78 is 10.9. The summed E-state index contributed by atoms with van der Waals surface area (Å²) >= 11 is 0. The molecular formula is C19H25N3O5. The van der Waals surface area contributed by atoms with Gasteiger partial charge in [0.05, 0.1) is 6.61 Å². The fourth-order valence-electron chi connectivity index (χ4n) is 3.48. The fourth-order valence-corrected chi connectivity index (χ4v) is 3.48. The molecule has 1 aromatic heterocycles. The lowest BCUT2D eigenvalue weighted by atomic mass is 9.88. The predicted molar refractivity (Wildman–Crippen MR) is 97.2 cm³/mol. The van der Waals surface area contributed by atoms with Crippen molar-refractivity contribution in [1.82, 2.24) is 9.88 Å². The van der Waals surface area contributed by atoms with E-state index in [1.807, 2.05) is 0 Å². The highest BCUT2D eigenvalue weighted by molar-refractivity contribution is 6.02. The van der Waals surface area contributed by atoms with Crippen molar-refractivity contribution in [1.29, 1.82) is 0 Å². The third kappa shape index (κ3) is 5.18. The number of hydrogen-bond donors (Lipinski definition) is 0. The van der Waals surface area contributed by atoms with Crippen LogP contribution in [0.5, 0.6) is 0 Å². The van der Waals surface area contributed by atoms with Crippen molar-refractivity contribution >= 4 is 24.4 Å². The summed E-state index contributed by atoms with van der Waals surface area (Å²) in [4.78, 5) is 42.0. The lowest BCUT2D eigenvalue weighted by Crippen LogP contribution is -2.36. The molecule has 2 heterocycles. The summed E-state index contributed by atoms with van der Waals surface area (Å²) in [5.74, 6) is 0.518. The minimum atomic E-state index is -0.715. The molecule has 0 aromatic carbocycles. The van der Waals surface area contributed by atoms with Gasteiger partial charge < -0.3 is 14.4 Å². The number of ether oxygens (including phenoxy) is 2. The van der Waals surface area contributed by atoms with Crippen molar-refractivity contribution in [2.75, 3.05) is 24.6 Å². The third-order valence-electron chi connectivity index (χ3n) is 5.07. The van der Waals surface area contributed by atoms with Gasteiger partial charge in [-0.05, 0) is 56.6 Å². The number of carbonyl (C=O) groups excluding carboxylic acids is 3. The summed E-state index contributed by atoms with van der Waals surface area (Å²) in [7, 11) is 0. The summed E-state index contributed by atoms with van der Waals surface area (Å²) in [6.07, 6.45) is 5.83. The Morgan fingerprint density at radius 1 is 1.19 bits per heavy atom. The molecule has 8 nitrogen and oxygen atoms in total. The summed E-state index contributed by atoms with van der Waals surface area (Å²) in [6.45, 7) is 1.97. The zero-order valence-corrected chi connectivity index (χ0v) is 15.3. The van der Waals surface area contributed by atoms with Crippen molar-refractivity contribution in [3.8, 4) is 0 Å². The van der Waals surface area contributed by atoms with Gasteiger partial charge in [-0.15, -0.1) is 0 Å². The SMILES string of the molecule is O=CN(C(=O)OC1CCC(COC(=O)N2CCCC2)CC1)c1ccccn1. The van der Waals surface area contributed by atoms with E-state index in [0.717, 1.165) is 43.7 Å². The molecule has 0 bridgehead atoms. The molecule has 0 atom stereocenters. The Hall–Kier alpha value is -2.64. The first-order valence-corrected chi connectivity index (χ1v) is 9.45. The van der Waals surface area contributed by atoms with E-state index >= 15 is 0 Å². The van der Waals surface area contributed by atoms with Crippen molar-refractivity contribution in [2.24, 2.45) is 5.92 Å². The first kappa shape index (κ1) is 19.1.